The predicted octanol–water partition coefficient (Wildman–Crippen LogP) is 4.99. The summed E-state index contributed by atoms with van der Waals surface area (Å²) in [4.78, 5) is 8.71. The van der Waals surface area contributed by atoms with Gasteiger partial charge in [0.2, 0.25) is 0 Å². The van der Waals surface area contributed by atoms with E-state index >= 15 is 0 Å². The van der Waals surface area contributed by atoms with Gasteiger partial charge in [-0.15, -0.1) is 11.6 Å². The number of hydrogen-bond donors (Lipinski definition) is 0. The standard InChI is InChI=1S/C16H15Cl2N3/c1-10(17)16-20-15-13(18)4-3-5-14(15)21(16)11(2)12-6-8-19-9-7-12/h3-11H,1-2H3. The van der Waals surface area contributed by atoms with Crippen molar-refractivity contribution in [2.24, 2.45) is 0 Å². The van der Waals surface area contributed by atoms with Crippen LogP contribution in [0.1, 0.15) is 36.7 Å². The van der Waals surface area contributed by atoms with E-state index in [2.05, 4.69) is 21.5 Å². The fourth-order valence-corrected chi connectivity index (χ4v) is 2.95. The molecule has 0 fully saturated rings. The van der Waals surface area contributed by atoms with Gasteiger partial charge in [0.15, 0.2) is 0 Å². The molecule has 0 radical (unpaired) electrons. The zero-order valence-electron chi connectivity index (χ0n) is 11.8. The first-order valence-corrected chi connectivity index (χ1v) is 7.61. The van der Waals surface area contributed by atoms with Crippen molar-refractivity contribution in [2.45, 2.75) is 25.3 Å². The summed E-state index contributed by atoms with van der Waals surface area (Å²) in [5, 5.41) is 0.449. The summed E-state index contributed by atoms with van der Waals surface area (Å²) in [5.74, 6) is 0.823. The van der Waals surface area contributed by atoms with Gasteiger partial charge < -0.3 is 4.57 Å². The average molecular weight is 320 g/mol. The number of halogens is 2. The van der Waals surface area contributed by atoms with Gasteiger partial charge in [-0.25, -0.2) is 4.98 Å². The Labute approximate surface area is 133 Å². The number of aromatic nitrogens is 3. The van der Waals surface area contributed by atoms with Crippen molar-refractivity contribution in [3.8, 4) is 0 Å². The number of nitrogens with zero attached hydrogens (tertiary/aromatic N) is 3. The zero-order chi connectivity index (χ0) is 15.0. The number of benzene rings is 1. The molecule has 2 unspecified atom stereocenters. The second-order valence-corrected chi connectivity index (χ2v) is 6.08. The minimum atomic E-state index is -0.197. The molecule has 0 aliphatic rings. The largest absolute Gasteiger partial charge is 0.319 e. The van der Waals surface area contributed by atoms with Gasteiger partial charge >= 0.3 is 0 Å². The fourth-order valence-electron chi connectivity index (χ4n) is 2.58. The van der Waals surface area contributed by atoms with Crippen LogP contribution in [0.2, 0.25) is 5.02 Å². The van der Waals surface area contributed by atoms with Crippen molar-refractivity contribution in [3.63, 3.8) is 0 Å². The van der Waals surface area contributed by atoms with Gasteiger partial charge in [0.25, 0.3) is 0 Å². The molecule has 3 nitrogen and oxygen atoms in total. The molecule has 0 spiro atoms. The van der Waals surface area contributed by atoms with E-state index in [1.54, 1.807) is 12.4 Å². The van der Waals surface area contributed by atoms with Crippen molar-refractivity contribution in [1.82, 2.24) is 14.5 Å². The Morgan fingerprint density at radius 2 is 1.81 bits per heavy atom. The van der Waals surface area contributed by atoms with Crippen LogP contribution in [0.15, 0.2) is 42.7 Å². The minimum absolute atomic E-state index is 0.104. The molecule has 5 heteroatoms. The van der Waals surface area contributed by atoms with Gasteiger partial charge in [-0.05, 0) is 43.7 Å². The van der Waals surface area contributed by atoms with E-state index < -0.39 is 0 Å². The van der Waals surface area contributed by atoms with Crippen molar-refractivity contribution < 1.29 is 0 Å². The summed E-state index contributed by atoms with van der Waals surface area (Å²) in [6.45, 7) is 4.05. The van der Waals surface area contributed by atoms with E-state index in [1.807, 2.05) is 37.3 Å². The first kappa shape index (κ1) is 14.4. The number of para-hydroxylation sites is 1. The maximum absolute atomic E-state index is 6.32. The lowest BCUT2D eigenvalue weighted by Gasteiger charge is -2.19. The van der Waals surface area contributed by atoms with Crippen LogP contribution in [-0.4, -0.2) is 14.5 Å². The first-order valence-electron chi connectivity index (χ1n) is 6.80. The Hall–Kier alpha value is -1.58. The fraction of sp³-hybridized carbons (Fsp3) is 0.250. The third-order valence-corrected chi connectivity index (χ3v) is 4.13. The van der Waals surface area contributed by atoms with Crippen LogP contribution in [0.25, 0.3) is 11.0 Å². The van der Waals surface area contributed by atoms with Gasteiger partial charge in [-0.1, -0.05) is 17.7 Å². The smallest absolute Gasteiger partial charge is 0.128 e. The third-order valence-electron chi connectivity index (χ3n) is 3.63. The lowest BCUT2D eigenvalue weighted by Crippen LogP contribution is -2.11. The van der Waals surface area contributed by atoms with Crippen LogP contribution < -0.4 is 0 Å². The molecule has 0 saturated heterocycles. The summed E-state index contributed by atoms with van der Waals surface area (Å²) in [7, 11) is 0. The molecule has 21 heavy (non-hydrogen) atoms. The molecule has 0 saturated carbocycles. The quantitative estimate of drug-likeness (QED) is 0.636. The Bertz CT molecular complexity index is 766. The molecule has 2 aromatic heterocycles. The topological polar surface area (TPSA) is 30.7 Å². The molecule has 0 aliphatic heterocycles. The van der Waals surface area contributed by atoms with Crippen LogP contribution in [0.4, 0.5) is 0 Å². The minimum Gasteiger partial charge on any atom is -0.319 e. The first-order chi connectivity index (χ1) is 10.1. The number of imidazole rings is 1. The summed E-state index contributed by atoms with van der Waals surface area (Å²) in [6.07, 6.45) is 3.59. The van der Waals surface area contributed by atoms with Gasteiger partial charge in [-0.2, -0.15) is 0 Å². The summed E-state index contributed by atoms with van der Waals surface area (Å²) in [6, 6.07) is 9.92. The van der Waals surface area contributed by atoms with Gasteiger partial charge in [0, 0.05) is 12.4 Å². The molecule has 0 amide bonds. The molecule has 2 heterocycles. The molecule has 1 aromatic carbocycles. The molecule has 3 rings (SSSR count). The number of rotatable bonds is 3. The highest BCUT2D eigenvalue weighted by Crippen LogP contribution is 2.33. The second-order valence-electron chi connectivity index (χ2n) is 5.02. The van der Waals surface area contributed by atoms with E-state index in [0.29, 0.717) is 5.02 Å². The highest BCUT2D eigenvalue weighted by Gasteiger charge is 2.21. The maximum atomic E-state index is 6.32. The monoisotopic (exact) mass is 319 g/mol. The average Bonchev–Trinajstić information content (AvgIpc) is 2.88. The van der Waals surface area contributed by atoms with Crippen molar-refractivity contribution >= 4 is 34.2 Å². The van der Waals surface area contributed by atoms with E-state index in [4.69, 9.17) is 23.2 Å². The highest BCUT2D eigenvalue weighted by molar-refractivity contribution is 6.35. The Morgan fingerprint density at radius 1 is 1.10 bits per heavy atom. The van der Waals surface area contributed by atoms with E-state index in [9.17, 15) is 0 Å². The van der Waals surface area contributed by atoms with Gasteiger partial charge in [0.05, 0.1) is 22.0 Å². The van der Waals surface area contributed by atoms with Crippen LogP contribution in [0.3, 0.4) is 0 Å². The van der Waals surface area contributed by atoms with Crippen LogP contribution in [0.5, 0.6) is 0 Å². The Kier molecular flexibility index (Phi) is 3.87. The van der Waals surface area contributed by atoms with Crippen LogP contribution in [-0.2, 0) is 0 Å². The number of pyridine rings is 1. The highest BCUT2D eigenvalue weighted by atomic mass is 35.5. The Morgan fingerprint density at radius 3 is 2.48 bits per heavy atom. The molecule has 0 N–H and O–H groups in total. The number of hydrogen-bond acceptors (Lipinski definition) is 2. The summed E-state index contributed by atoms with van der Waals surface area (Å²) >= 11 is 12.6. The molecule has 0 bridgehead atoms. The lowest BCUT2D eigenvalue weighted by molar-refractivity contribution is 0.618. The molecule has 3 aromatic rings. The SMILES string of the molecule is CC(Cl)c1nc2c(Cl)cccc2n1C(C)c1ccncc1. The number of fused-ring (bicyclic) bond motifs is 1. The zero-order valence-corrected chi connectivity index (χ0v) is 13.3. The van der Waals surface area contributed by atoms with Crippen molar-refractivity contribution in [3.05, 3.63) is 59.1 Å². The molecule has 2 atom stereocenters. The Balaban J connectivity index is 2.25. The van der Waals surface area contributed by atoms with E-state index in [0.717, 1.165) is 22.4 Å². The third kappa shape index (κ3) is 2.52. The molecule has 108 valence electrons. The van der Waals surface area contributed by atoms with Crippen molar-refractivity contribution in [1.29, 1.82) is 0 Å². The predicted molar refractivity (Wildman–Crippen MR) is 87.1 cm³/mol. The lowest BCUT2D eigenvalue weighted by atomic mass is 10.1. The van der Waals surface area contributed by atoms with E-state index in [1.165, 1.54) is 0 Å². The second kappa shape index (κ2) is 5.66. The molecule has 0 aliphatic carbocycles. The maximum Gasteiger partial charge on any atom is 0.128 e. The molecular formula is C16H15Cl2N3. The van der Waals surface area contributed by atoms with Crippen LogP contribution in [0, 0.1) is 0 Å². The van der Waals surface area contributed by atoms with Crippen molar-refractivity contribution in [2.75, 3.05) is 0 Å². The molecular weight excluding hydrogens is 305 g/mol. The number of alkyl halides is 1. The normalized spacial score (nSPS) is 14.3. The van der Waals surface area contributed by atoms with E-state index in [-0.39, 0.29) is 11.4 Å². The van der Waals surface area contributed by atoms with Crippen LogP contribution >= 0.6 is 23.2 Å². The summed E-state index contributed by atoms with van der Waals surface area (Å²) in [5.41, 5.74) is 2.94. The van der Waals surface area contributed by atoms with Gasteiger partial charge in [-0.3, -0.25) is 4.98 Å². The summed E-state index contributed by atoms with van der Waals surface area (Å²) < 4.78 is 2.15. The van der Waals surface area contributed by atoms with Gasteiger partial charge in [0.1, 0.15) is 11.3 Å².